The molecule has 1 aromatic heterocycles. The van der Waals surface area contributed by atoms with Gasteiger partial charge in [-0.25, -0.2) is 0 Å². The predicted octanol–water partition coefficient (Wildman–Crippen LogP) is 3.66. The first kappa shape index (κ1) is 16.6. The predicted molar refractivity (Wildman–Crippen MR) is 88.9 cm³/mol. The van der Waals surface area contributed by atoms with Gasteiger partial charge in [0.25, 0.3) is 5.91 Å². The lowest BCUT2D eigenvalue weighted by Crippen LogP contribution is -2.39. The summed E-state index contributed by atoms with van der Waals surface area (Å²) < 4.78 is 5.67. The molecular formula is C17H21ClN2O2. The second-order valence-corrected chi connectivity index (χ2v) is 6.58. The highest BCUT2D eigenvalue weighted by atomic mass is 35.5. The van der Waals surface area contributed by atoms with Crippen LogP contribution in [0.25, 0.3) is 11.3 Å². The Morgan fingerprint density at radius 1 is 1.27 bits per heavy atom. The van der Waals surface area contributed by atoms with Crippen LogP contribution in [0, 0.1) is 5.41 Å². The lowest BCUT2D eigenvalue weighted by atomic mass is 9.93. The van der Waals surface area contributed by atoms with Gasteiger partial charge in [-0.15, -0.1) is 0 Å². The molecule has 0 aliphatic rings. The number of rotatable bonds is 5. The molecule has 5 heteroatoms. The normalized spacial score (nSPS) is 11.5. The molecule has 2 rings (SSSR count). The molecule has 2 N–H and O–H groups in total. The van der Waals surface area contributed by atoms with Gasteiger partial charge in [-0.1, -0.05) is 37.6 Å². The van der Waals surface area contributed by atoms with Gasteiger partial charge >= 0.3 is 0 Å². The fourth-order valence-electron chi connectivity index (χ4n) is 2.23. The standard InChI is InChI=1S/C17H21ClN2O2/c1-17(2,10-19)11-20(3)16(21)15-9-8-14(22-15)12-6-4-5-7-13(12)18/h4-9H,10-11,19H2,1-3H3. The van der Waals surface area contributed by atoms with Gasteiger partial charge < -0.3 is 15.1 Å². The first-order valence-electron chi connectivity index (χ1n) is 7.14. The third-order valence-corrected chi connectivity index (χ3v) is 3.85. The molecule has 0 spiro atoms. The summed E-state index contributed by atoms with van der Waals surface area (Å²) in [6.45, 7) is 5.11. The third kappa shape index (κ3) is 3.70. The number of halogens is 1. The van der Waals surface area contributed by atoms with E-state index in [1.54, 1.807) is 30.1 Å². The zero-order chi connectivity index (χ0) is 16.3. The quantitative estimate of drug-likeness (QED) is 0.914. The number of amides is 1. The molecule has 22 heavy (non-hydrogen) atoms. The molecule has 0 aliphatic heterocycles. The van der Waals surface area contributed by atoms with Gasteiger partial charge in [-0.2, -0.15) is 0 Å². The summed E-state index contributed by atoms with van der Waals surface area (Å²) in [6.07, 6.45) is 0. The second-order valence-electron chi connectivity index (χ2n) is 6.17. The topological polar surface area (TPSA) is 59.5 Å². The van der Waals surface area contributed by atoms with E-state index >= 15 is 0 Å². The van der Waals surface area contributed by atoms with Gasteiger partial charge in [0.2, 0.25) is 0 Å². The number of hydrogen-bond donors (Lipinski definition) is 1. The zero-order valence-corrected chi connectivity index (χ0v) is 13.9. The Hall–Kier alpha value is -1.78. The summed E-state index contributed by atoms with van der Waals surface area (Å²) in [5.74, 6) is 0.713. The Labute approximate surface area is 135 Å². The average Bonchev–Trinajstić information content (AvgIpc) is 2.96. The third-order valence-electron chi connectivity index (χ3n) is 3.52. The number of nitrogens with zero attached hydrogens (tertiary/aromatic N) is 1. The lowest BCUT2D eigenvalue weighted by molar-refractivity contribution is 0.0710. The number of furan rings is 1. The van der Waals surface area contributed by atoms with Gasteiger partial charge in [-0.3, -0.25) is 4.79 Å². The molecule has 4 nitrogen and oxygen atoms in total. The second kappa shape index (κ2) is 6.55. The zero-order valence-electron chi connectivity index (χ0n) is 13.1. The molecule has 0 fully saturated rings. The highest BCUT2D eigenvalue weighted by molar-refractivity contribution is 6.33. The highest BCUT2D eigenvalue weighted by Crippen LogP contribution is 2.29. The van der Waals surface area contributed by atoms with Crippen LogP contribution in [0.3, 0.4) is 0 Å². The molecule has 1 amide bonds. The summed E-state index contributed by atoms with van der Waals surface area (Å²) in [5, 5.41) is 0.591. The summed E-state index contributed by atoms with van der Waals surface area (Å²) in [7, 11) is 1.75. The smallest absolute Gasteiger partial charge is 0.289 e. The van der Waals surface area contributed by atoms with Crippen molar-refractivity contribution >= 4 is 17.5 Å². The summed E-state index contributed by atoms with van der Waals surface area (Å²) >= 11 is 6.15. The Bertz CT molecular complexity index is 664. The molecule has 0 saturated carbocycles. The highest BCUT2D eigenvalue weighted by Gasteiger charge is 2.24. The molecule has 0 bridgehead atoms. The van der Waals surface area contributed by atoms with E-state index in [1.165, 1.54) is 0 Å². The first-order valence-corrected chi connectivity index (χ1v) is 7.52. The van der Waals surface area contributed by atoms with Crippen molar-refractivity contribution in [3.63, 3.8) is 0 Å². The van der Waals surface area contributed by atoms with E-state index in [2.05, 4.69) is 0 Å². The van der Waals surface area contributed by atoms with Crippen molar-refractivity contribution in [2.75, 3.05) is 20.1 Å². The number of carbonyl (C=O) groups is 1. The van der Waals surface area contributed by atoms with Gasteiger partial charge in [-0.05, 0) is 36.2 Å². The van der Waals surface area contributed by atoms with Crippen LogP contribution >= 0.6 is 11.6 Å². The molecular weight excluding hydrogens is 300 g/mol. The Balaban J connectivity index is 2.18. The van der Waals surface area contributed by atoms with Crippen molar-refractivity contribution < 1.29 is 9.21 Å². The first-order chi connectivity index (χ1) is 10.3. The van der Waals surface area contributed by atoms with Gasteiger partial charge in [0.15, 0.2) is 5.76 Å². The average molecular weight is 321 g/mol. The van der Waals surface area contributed by atoms with Crippen LogP contribution in [-0.2, 0) is 0 Å². The van der Waals surface area contributed by atoms with Crippen LogP contribution < -0.4 is 5.73 Å². The summed E-state index contributed by atoms with van der Waals surface area (Å²) in [6, 6.07) is 10.8. The summed E-state index contributed by atoms with van der Waals surface area (Å²) in [5.41, 5.74) is 6.35. The maximum absolute atomic E-state index is 12.4. The van der Waals surface area contributed by atoms with Crippen molar-refractivity contribution in [3.8, 4) is 11.3 Å². The minimum atomic E-state index is -0.167. The van der Waals surface area contributed by atoms with E-state index in [9.17, 15) is 4.79 Å². The number of benzene rings is 1. The number of carbonyl (C=O) groups excluding carboxylic acids is 1. The van der Waals surface area contributed by atoms with Crippen molar-refractivity contribution in [3.05, 3.63) is 47.2 Å². The van der Waals surface area contributed by atoms with Gasteiger partial charge in [0, 0.05) is 19.2 Å². The molecule has 0 atom stereocenters. The van der Waals surface area contributed by atoms with Crippen LogP contribution in [0.2, 0.25) is 5.02 Å². The maximum atomic E-state index is 12.4. The molecule has 0 radical (unpaired) electrons. The molecule has 2 aromatic rings. The van der Waals surface area contributed by atoms with E-state index in [0.717, 1.165) is 5.56 Å². The van der Waals surface area contributed by atoms with Crippen LogP contribution in [0.15, 0.2) is 40.8 Å². The van der Waals surface area contributed by atoms with Gasteiger partial charge in [0.1, 0.15) is 5.76 Å². The van der Waals surface area contributed by atoms with Crippen molar-refractivity contribution in [2.45, 2.75) is 13.8 Å². The maximum Gasteiger partial charge on any atom is 0.289 e. The van der Waals surface area contributed by atoms with Crippen molar-refractivity contribution in [2.24, 2.45) is 11.1 Å². The van der Waals surface area contributed by atoms with E-state index in [1.807, 2.05) is 32.0 Å². The lowest BCUT2D eigenvalue weighted by Gasteiger charge is -2.28. The Morgan fingerprint density at radius 3 is 2.59 bits per heavy atom. The van der Waals surface area contributed by atoms with Gasteiger partial charge in [0.05, 0.1) is 5.02 Å². The fourth-order valence-corrected chi connectivity index (χ4v) is 2.45. The SMILES string of the molecule is CN(CC(C)(C)CN)C(=O)c1ccc(-c2ccccc2Cl)o1. The van der Waals surface area contributed by atoms with E-state index < -0.39 is 0 Å². The van der Waals surface area contributed by atoms with Crippen LogP contribution in [0.4, 0.5) is 0 Å². The molecule has 1 heterocycles. The van der Waals surface area contributed by atoms with Crippen LogP contribution in [-0.4, -0.2) is 30.9 Å². The largest absolute Gasteiger partial charge is 0.451 e. The van der Waals surface area contributed by atoms with Crippen LogP contribution in [0.1, 0.15) is 24.4 Å². The van der Waals surface area contributed by atoms with E-state index in [4.69, 9.17) is 21.8 Å². The Kier molecular flexibility index (Phi) is 4.94. The molecule has 118 valence electrons. The molecule has 0 aliphatic carbocycles. The van der Waals surface area contributed by atoms with Crippen molar-refractivity contribution in [1.82, 2.24) is 4.90 Å². The van der Waals surface area contributed by atoms with E-state index in [-0.39, 0.29) is 11.3 Å². The molecule has 1 aromatic carbocycles. The number of hydrogen-bond acceptors (Lipinski definition) is 3. The fraction of sp³-hybridized carbons (Fsp3) is 0.353. The minimum absolute atomic E-state index is 0.136. The molecule has 0 unspecified atom stereocenters. The summed E-state index contributed by atoms with van der Waals surface area (Å²) in [4.78, 5) is 14.1. The minimum Gasteiger partial charge on any atom is -0.451 e. The number of nitrogens with two attached hydrogens (primary N) is 1. The van der Waals surface area contributed by atoms with Crippen LogP contribution in [0.5, 0.6) is 0 Å². The van der Waals surface area contributed by atoms with E-state index in [0.29, 0.717) is 29.6 Å². The molecule has 0 saturated heterocycles. The van der Waals surface area contributed by atoms with Crippen molar-refractivity contribution in [1.29, 1.82) is 0 Å². The Morgan fingerprint density at radius 2 is 1.95 bits per heavy atom. The monoisotopic (exact) mass is 320 g/mol.